The lowest BCUT2D eigenvalue weighted by molar-refractivity contribution is 0.0882. The minimum Gasteiger partial charge on any atom is -0.347 e. The van der Waals surface area contributed by atoms with Gasteiger partial charge in [-0.2, -0.15) is 0 Å². The first-order chi connectivity index (χ1) is 9.09. The second kappa shape index (κ2) is 6.27. The molecule has 0 aliphatic heterocycles. The predicted octanol–water partition coefficient (Wildman–Crippen LogP) is 3.36. The van der Waals surface area contributed by atoms with Gasteiger partial charge in [0.2, 0.25) is 0 Å². The van der Waals surface area contributed by atoms with Crippen LogP contribution in [-0.4, -0.2) is 16.5 Å². The summed E-state index contributed by atoms with van der Waals surface area (Å²) in [5.41, 5.74) is 0.751. The van der Waals surface area contributed by atoms with Crippen molar-refractivity contribution in [1.82, 2.24) is 9.88 Å². The van der Waals surface area contributed by atoms with Gasteiger partial charge in [-0.3, -0.25) is 4.79 Å². The number of aromatic nitrogens is 1. The topological polar surface area (TPSA) is 34.0 Å². The van der Waals surface area contributed by atoms with Crippen LogP contribution in [0.3, 0.4) is 0 Å². The lowest BCUT2D eigenvalue weighted by Gasteiger charge is -2.33. The van der Waals surface area contributed by atoms with Crippen molar-refractivity contribution in [3.8, 4) is 0 Å². The Balaban J connectivity index is 2.04. The summed E-state index contributed by atoms with van der Waals surface area (Å²) in [5.74, 6) is 1.21. The van der Waals surface area contributed by atoms with Gasteiger partial charge in [0, 0.05) is 19.3 Å². The molecule has 0 spiro atoms. The van der Waals surface area contributed by atoms with E-state index in [2.05, 4.69) is 19.2 Å². The number of hydrogen-bond acceptors (Lipinski definition) is 1. The van der Waals surface area contributed by atoms with E-state index in [0.717, 1.165) is 5.69 Å². The number of aryl methyl sites for hydroxylation is 1. The van der Waals surface area contributed by atoms with Crippen LogP contribution in [0.25, 0.3) is 0 Å². The minimum absolute atomic E-state index is 0.0665. The summed E-state index contributed by atoms with van der Waals surface area (Å²) in [4.78, 5) is 12.4. The maximum atomic E-state index is 12.4. The molecule has 1 heterocycles. The van der Waals surface area contributed by atoms with Gasteiger partial charge in [-0.25, -0.2) is 0 Å². The molecule has 3 heteroatoms. The monoisotopic (exact) mass is 262 g/mol. The Hall–Kier alpha value is -1.25. The number of carbonyl (C=O) groups is 1. The summed E-state index contributed by atoms with van der Waals surface area (Å²) < 4.78 is 1.88. The van der Waals surface area contributed by atoms with Crippen LogP contribution in [0.1, 0.15) is 56.4 Å². The average Bonchev–Trinajstić information content (AvgIpc) is 2.82. The molecule has 1 atom stereocenters. The molecule has 1 saturated carbocycles. The highest BCUT2D eigenvalue weighted by atomic mass is 16.2. The second-order valence-corrected chi connectivity index (χ2v) is 6.15. The van der Waals surface area contributed by atoms with Crippen molar-refractivity contribution in [2.75, 3.05) is 0 Å². The van der Waals surface area contributed by atoms with E-state index in [-0.39, 0.29) is 5.91 Å². The molecule has 0 aromatic carbocycles. The third kappa shape index (κ3) is 3.40. The molecule has 106 valence electrons. The minimum atomic E-state index is 0.0665. The summed E-state index contributed by atoms with van der Waals surface area (Å²) in [6.07, 6.45) is 8.42. The predicted molar refractivity (Wildman–Crippen MR) is 78.1 cm³/mol. The average molecular weight is 262 g/mol. The van der Waals surface area contributed by atoms with Crippen molar-refractivity contribution < 1.29 is 4.79 Å². The number of amides is 1. The normalized spacial score (nSPS) is 18.5. The van der Waals surface area contributed by atoms with Gasteiger partial charge in [-0.05, 0) is 36.8 Å². The molecule has 1 aromatic rings. The zero-order valence-corrected chi connectivity index (χ0v) is 12.4. The zero-order valence-electron chi connectivity index (χ0n) is 12.4. The maximum Gasteiger partial charge on any atom is 0.268 e. The summed E-state index contributed by atoms with van der Waals surface area (Å²) in [7, 11) is 1.92. The van der Waals surface area contributed by atoms with E-state index in [1.54, 1.807) is 0 Å². The molecule has 2 rings (SSSR count). The maximum absolute atomic E-state index is 12.4. The molecule has 1 N–H and O–H groups in total. The molecule has 1 fully saturated rings. The van der Waals surface area contributed by atoms with Gasteiger partial charge in [-0.15, -0.1) is 0 Å². The van der Waals surface area contributed by atoms with Crippen LogP contribution < -0.4 is 5.32 Å². The van der Waals surface area contributed by atoms with Crippen LogP contribution in [-0.2, 0) is 7.05 Å². The summed E-state index contributed by atoms with van der Waals surface area (Å²) >= 11 is 0. The van der Waals surface area contributed by atoms with Crippen molar-refractivity contribution in [2.24, 2.45) is 18.9 Å². The lowest BCUT2D eigenvalue weighted by atomic mass is 9.79. The molecule has 0 radical (unpaired) electrons. The molecule has 1 amide bonds. The molecule has 0 bridgehead atoms. The lowest BCUT2D eigenvalue weighted by Crippen LogP contribution is -2.45. The highest BCUT2D eigenvalue weighted by molar-refractivity contribution is 5.92. The van der Waals surface area contributed by atoms with E-state index < -0.39 is 0 Å². The molecular weight excluding hydrogens is 236 g/mol. The van der Waals surface area contributed by atoms with Crippen LogP contribution >= 0.6 is 0 Å². The van der Waals surface area contributed by atoms with Crippen molar-refractivity contribution in [3.63, 3.8) is 0 Å². The number of hydrogen-bond donors (Lipinski definition) is 1. The number of rotatable bonds is 4. The van der Waals surface area contributed by atoms with Crippen molar-refractivity contribution in [2.45, 2.75) is 52.0 Å². The Labute approximate surface area is 116 Å². The van der Waals surface area contributed by atoms with Crippen LogP contribution in [0.5, 0.6) is 0 Å². The van der Waals surface area contributed by atoms with E-state index in [4.69, 9.17) is 0 Å². The standard InChI is InChI=1S/C16H26N2O/c1-12(2)15(13-8-5-4-6-9-13)17-16(19)14-10-7-11-18(14)3/h7,10-13,15H,4-6,8-9H2,1-3H3,(H,17,19). The number of carbonyl (C=O) groups excluding carboxylic acids is 1. The van der Waals surface area contributed by atoms with Gasteiger partial charge in [0.05, 0.1) is 0 Å². The fraction of sp³-hybridized carbons (Fsp3) is 0.688. The summed E-state index contributed by atoms with van der Waals surface area (Å²) in [5, 5.41) is 3.27. The molecule has 0 saturated heterocycles. The van der Waals surface area contributed by atoms with Crippen LogP contribution in [0.2, 0.25) is 0 Å². The first kappa shape index (κ1) is 14.2. The molecule has 1 aromatic heterocycles. The molecule has 3 nitrogen and oxygen atoms in total. The fourth-order valence-corrected chi connectivity index (χ4v) is 3.24. The Kier molecular flexibility index (Phi) is 4.67. The summed E-state index contributed by atoms with van der Waals surface area (Å²) in [6.45, 7) is 4.43. The first-order valence-corrected chi connectivity index (χ1v) is 7.52. The molecule has 1 unspecified atom stereocenters. The first-order valence-electron chi connectivity index (χ1n) is 7.52. The van der Waals surface area contributed by atoms with Crippen molar-refractivity contribution in [1.29, 1.82) is 0 Å². The Bertz CT molecular complexity index is 416. The van der Waals surface area contributed by atoms with Gasteiger partial charge >= 0.3 is 0 Å². The Morgan fingerprint density at radius 1 is 1.32 bits per heavy atom. The van der Waals surface area contributed by atoms with E-state index in [1.807, 2.05) is 29.9 Å². The van der Waals surface area contributed by atoms with Crippen LogP contribution in [0.15, 0.2) is 18.3 Å². The third-order valence-electron chi connectivity index (χ3n) is 4.35. The largest absolute Gasteiger partial charge is 0.347 e. The van der Waals surface area contributed by atoms with Crippen LogP contribution in [0, 0.1) is 11.8 Å². The zero-order chi connectivity index (χ0) is 13.8. The molecule has 1 aliphatic rings. The molecule has 19 heavy (non-hydrogen) atoms. The highest BCUT2D eigenvalue weighted by Gasteiger charge is 2.28. The van der Waals surface area contributed by atoms with Crippen LogP contribution in [0.4, 0.5) is 0 Å². The Morgan fingerprint density at radius 2 is 2.00 bits per heavy atom. The quantitative estimate of drug-likeness (QED) is 0.887. The van der Waals surface area contributed by atoms with Gasteiger partial charge in [0.15, 0.2) is 0 Å². The molecular formula is C16H26N2O. The number of nitrogens with zero attached hydrogens (tertiary/aromatic N) is 1. The Morgan fingerprint density at radius 3 is 2.53 bits per heavy atom. The van der Waals surface area contributed by atoms with E-state index >= 15 is 0 Å². The van der Waals surface area contributed by atoms with E-state index in [1.165, 1.54) is 32.1 Å². The van der Waals surface area contributed by atoms with E-state index in [9.17, 15) is 4.79 Å². The fourth-order valence-electron chi connectivity index (χ4n) is 3.24. The number of nitrogens with one attached hydrogen (secondary N) is 1. The van der Waals surface area contributed by atoms with Gasteiger partial charge in [0.1, 0.15) is 5.69 Å². The smallest absolute Gasteiger partial charge is 0.268 e. The summed E-state index contributed by atoms with van der Waals surface area (Å²) in [6, 6.07) is 4.11. The SMILES string of the molecule is CC(C)C(NC(=O)c1cccn1C)C1CCCCC1. The van der Waals surface area contributed by atoms with Gasteiger partial charge in [0.25, 0.3) is 5.91 Å². The highest BCUT2D eigenvalue weighted by Crippen LogP contribution is 2.29. The van der Waals surface area contributed by atoms with E-state index in [0.29, 0.717) is 17.9 Å². The van der Waals surface area contributed by atoms with Gasteiger partial charge in [-0.1, -0.05) is 33.1 Å². The van der Waals surface area contributed by atoms with Crippen molar-refractivity contribution >= 4 is 5.91 Å². The molecule has 1 aliphatic carbocycles. The van der Waals surface area contributed by atoms with Crippen molar-refractivity contribution in [3.05, 3.63) is 24.0 Å². The van der Waals surface area contributed by atoms with Gasteiger partial charge < -0.3 is 9.88 Å². The second-order valence-electron chi connectivity index (χ2n) is 6.15. The third-order valence-corrected chi connectivity index (χ3v) is 4.35.